The first-order valence-corrected chi connectivity index (χ1v) is 5.59. The van der Waals surface area contributed by atoms with Gasteiger partial charge < -0.3 is 10.2 Å². The summed E-state index contributed by atoms with van der Waals surface area (Å²) in [6.45, 7) is 0.763. The van der Waals surface area contributed by atoms with Crippen molar-refractivity contribution in [3.8, 4) is 11.5 Å². The van der Waals surface area contributed by atoms with Gasteiger partial charge in [0.15, 0.2) is 0 Å². The second-order valence-electron chi connectivity index (χ2n) is 3.78. The summed E-state index contributed by atoms with van der Waals surface area (Å²) in [7, 11) is 0. The molecule has 16 heavy (non-hydrogen) atoms. The highest BCUT2D eigenvalue weighted by molar-refractivity contribution is 5.53. The Kier molecular flexibility index (Phi) is 3.72. The molecule has 0 fully saturated rings. The lowest BCUT2D eigenvalue weighted by Gasteiger charge is -2.02. The lowest BCUT2D eigenvalue weighted by atomic mass is 10.1. The van der Waals surface area contributed by atoms with E-state index in [0.717, 1.165) is 31.4 Å². The van der Waals surface area contributed by atoms with Crippen molar-refractivity contribution >= 4 is 0 Å². The van der Waals surface area contributed by atoms with E-state index in [4.69, 9.17) is 10.2 Å². The van der Waals surface area contributed by atoms with E-state index in [1.807, 2.05) is 12.1 Å². The fraction of sp³-hybridized carbons (Fsp3) is 0.308. The van der Waals surface area contributed by atoms with E-state index in [1.165, 1.54) is 5.56 Å². The van der Waals surface area contributed by atoms with Crippen molar-refractivity contribution in [3.63, 3.8) is 0 Å². The van der Waals surface area contributed by atoms with E-state index in [1.54, 1.807) is 12.5 Å². The standard InChI is InChI=1S/C13H16N2O/c14-7-2-1-4-11-5-3-6-12(10-11)13-15-8-9-16-13/h3,5-6,8-10H,1-2,4,7,14H2. The normalized spacial score (nSPS) is 10.6. The van der Waals surface area contributed by atoms with Gasteiger partial charge in [-0.05, 0) is 43.5 Å². The Morgan fingerprint density at radius 2 is 2.19 bits per heavy atom. The first kappa shape index (κ1) is 10.9. The van der Waals surface area contributed by atoms with E-state index in [9.17, 15) is 0 Å². The number of aromatic nitrogens is 1. The molecule has 2 rings (SSSR count). The number of oxazole rings is 1. The van der Waals surface area contributed by atoms with Crippen molar-refractivity contribution in [2.45, 2.75) is 19.3 Å². The van der Waals surface area contributed by atoms with Crippen LogP contribution in [0.5, 0.6) is 0 Å². The average Bonchev–Trinajstić information content (AvgIpc) is 2.83. The maximum atomic E-state index is 5.47. The monoisotopic (exact) mass is 216 g/mol. The molecule has 0 aliphatic carbocycles. The minimum absolute atomic E-state index is 0.681. The molecule has 3 heteroatoms. The van der Waals surface area contributed by atoms with Gasteiger partial charge in [0.05, 0.1) is 6.20 Å². The van der Waals surface area contributed by atoms with Crippen LogP contribution in [0.2, 0.25) is 0 Å². The third-order valence-electron chi connectivity index (χ3n) is 2.53. The molecule has 0 radical (unpaired) electrons. The number of benzene rings is 1. The molecule has 2 aromatic rings. The van der Waals surface area contributed by atoms with Crippen molar-refractivity contribution in [1.82, 2.24) is 4.98 Å². The summed E-state index contributed by atoms with van der Waals surface area (Å²) < 4.78 is 5.27. The van der Waals surface area contributed by atoms with Crippen LogP contribution < -0.4 is 5.73 Å². The van der Waals surface area contributed by atoms with Gasteiger partial charge in [-0.1, -0.05) is 12.1 Å². The van der Waals surface area contributed by atoms with E-state index < -0.39 is 0 Å². The Bertz CT molecular complexity index is 423. The average molecular weight is 216 g/mol. The summed E-state index contributed by atoms with van der Waals surface area (Å²) in [4.78, 5) is 4.14. The fourth-order valence-electron chi connectivity index (χ4n) is 1.70. The minimum atomic E-state index is 0.681. The molecule has 1 aromatic heterocycles. The summed E-state index contributed by atoms with van der Waals surface area (Å²) in [5.41, 5.74) is 7.82. The zero-order valence-electron chi connectivity index (χ0n) is 9.23. The summed E-state index contributed by atoms with van der Waals surface area (Å²) >= 11 is 0. The molecule has 1 aromatic carbocycles. The number of hydrogen-bond donors (Lipinski definition) is 1. The third kappa shape index (κ3) is 2.70. The molecular weight excluding hydrogens is 200 g/mol. The number of rotatable bonds is 5. The lowest BCUT2D eigenvalue weighted by molar-refractivity contribution is 0.574. The van der Waals surface area contributed by atoms with E-state index in [-0.39, 0.29) is 0 Å². The van der Waals surface area contributed by atoms with Crippen LogP contribution in [0.4, 0.5) is 0 Å². The van der Waals surface area contributed by atoms with Crippen LogP contribution in [0, 0.1) is 0 Å². The van der Waals surface area contributed by atoms with E-state index in [0.29, 0.717) is 5.89 Å². The van der Waals surface area contributed by atoms with Crippen LogP contribution in [0.1, 0.15) is 18.4 Å². The van der Waals surface area contributed by atoms with Crippen LogP contribution in [-0.4, -0.2) is 11.5 Å². The van der Waals surface area contributed by atoms with Gasteiger partial charge in [-0.3, -0.25) is 0 Å². The number of aryl methyl sites for hydroxylation is 1. The van der Waals surface area contributed by atoms with Crippen molar-refractivity contribution < 1.29 is 4.42 Å². The number of hydrogen-bond acceptors (Lipinski definition) is 3. The zero-order valence-corrected chi connectivity index (χ0v) is 9.23. The Hall–Kier alpha value is -1.61. The molecule has 0 atom stereocenters. The van der Waals surface area contributed by atoms with E-state index in [2.05, 4.69) is 17.1 Å². The van der Waals surface area contributed by atoms with Gasteiger partial charge in [0, 0.05) is 5.56 Å². The number of nitrogens with two attached hydrogens (primary N) is 1. The molecular formula is C13H16N2O. The molecule has 0 aliphatic heterocycles. The Labute approximate surface area is 95.3 Å². The maximum absolute atomic E-state index is 5.47. The summed E-state index contributed by atoms with van der Waals surface area (Å²) in [6.07, 6.45) is 6.52. The molecule has 3 nitrogen and oxygen atoms in total. The van der Waals surface area contributed by atoms with Gasteiger partial charge in [0.25, 0.3) is 0 Å². The van der Waals surface area contributed by atoms with E-state index >= 15 is 0 Å². The first-order valence-electron chi connectivity index (χ1n) is 5.59. The maximum Gasteiger partial charge on any atom is 0.225 e. The number of nitrogens with zero attached hydrogens (tertiary/aromatic N) is 1. The molecule has 0 amide bonds. The van der Waals surface area contributed by atoms with Crippen LogP contribution in [-0.2, 0) is 6.42 Å². The number of unbranched alkanes of at least 4 members (excludes halogenated alkanes) is 1. The van der Waals surface area contributed by atoms with Crippen LogP contribution in [0.15, 0.2) is 41.1 Å². The van der Waals surface area contributed by atoms with Crippen LogP contribution in [0.25, 0.3) is 11.5 Å². The smallest absolute Gasteiger partial charge is 0.225 e. The Balaban J connectivity index is 2.08. The highest BCUT2D eigenvalue weighted by atomic mass is 16.3. The van der Waals surface area contributed by atoms with Gasteiger partial charge in [-0.25, -0.2) is 4.98 Å². The fourth-order valence-corrected chi connectivity index (χ4v) is 1.70. The highest BCUT2D eigenvalue weighted by Gasteiger charge is 2.02. The van der Waals surface area contributed by atoms with Gasteiger partial charge in [0.1, 0.15) is 6.26 Å². The molecule has 0 spiro atoms. The van der Waals surface area contributed by atoms with Gasteiger partial charge >= 0.3 is 0 Å². The highest BCUT2D eigenvalue weighted by Crippen LogP contribution is 2.19. The van der Waals surface area contributed by atoms with Gasteiger partial charge in [0.2, 0.25) is 5.89 Å². The predicted octanol–water partition coefficient (Wildman–Crippen LogP) is 2.62. The predicted molar refractivity (Wildman–Crippen MR) is 63.9 cm³/mol. The molecule has 84 valence electrons. The third-order valence-corrected chi connectivity index (χ3v) is 2.53. The van der Waals surface area contributed by atoms with Crippen molar-refractivity contribution in [1.29, 1.82) is 0 Å². The second-order valence-corrected chi connectivity index (χ2v) is 3.78. The quantitative estimate of drug-likeness (QED) is 0.782. The summed E-state index contributed by atoms with van der Waals surface area (Å²) in [6, 6.07) is 8.31. The van der Waals surface area contributed by atoms with Crippen LogP contribution in [0.3, 0.4) is 0 Å². The molecule has 0 unspecified atom stereocenters. The van der Waals surface area contributed by atoms with Crippen LogP contribution >= 0.6 is 0 Å². The molecule has 2 N–H and O–H groups in total. The molecule has 0 aliphatic rings. The zero-order chi connectivity index (χ0) is 11.2. The second kappa shape index (κ2) is 5.47. The van der Waals surface area contributed by atoms with Crippen molar-refractivity contribution in [2.24, 2.45) is 5.73 Å². The van der Waals surface area contributed by atoms with Crippen molar-refractivity contribution in [2.75, 3.05) is 6.54 Å². The molecule has 1 heterocycles. The summed E-state index contributed by atoms with van der Waals surface area (Å²) in [5.74, 6) is 0.681. The van der Waals surface area contributed by atoms with Crippen molar-refractivity contribution in [3.05, 3.63) is 42.3 Å². The minimum Gasteiger partial charge on any atom is -0.445 e. The molecule has 0 saturated heterocycles. The Morgan fingerprint density at radius 1 is 1.25 bits per heavy atom. The lowest BCUT2D eigenvalue weighted by Crippen LogP contribution is -1.99. The summed E-state index contributed by atoms with van der Waals surface area (Å²) in [5, 5.41) is 0. The van der Waals surface area contributed by atoms with Gasteiger partial charge in [-0.15, -0.1) is 0 Å². The topological polar surface area (TPSA) is 52.0 Å². The Morgan fingerprint density at radius 3 is 2.94 bits per heavy atom. The molecule has 0 saturated carbocycles. The first-order chi connectivity index (χ1) is 7.90. The largest absolute Gasteiger partial charge is 0.445 e. The SMILES string of the molecule is NCCCCc1cccc(-c2ncco2)c1. The molecule has 0 bridgehead atoms. The van der Waals surface area contributed by atoms with Gasteiger partial charge in [-0.2, -0.15) is 0 Å².